The molecule has 2 aromatic heterocycles. The van der Waals surface area contributed by atoms with Gasteiger partial charge < -0.3 is 4.74 Å². The highest BCUT2D eigenvalue weighted by Crippen LogP contribution is 2.32. The van der Waals surface area contributed by atoms with Crippen LogP contribution in [0.15, 0.2) is 34.2 Å². The monoisotopic (exact) mass is 336 g/mol. The first-order chi connectivity index (χ1) is 9.24. The molecule has 0 N–H and O–H groups in total. The van der Waals surface area contributed by atoms with Crippen molar-refractivity contribution >= 4 is 38.5 Å². The lowest BCUT2D eigenvalue weighted by Gasteiger charge is -2.05. The van der Waals surface area contributed by atoms with E-state index in [1.54, 1.807) is 11.5 Å². The summed E-state index contributed by atoms with van der Waals surface area (Å²) in [4.78, 5) is 16.6. The summed E-state index contributed by atoms with van der Waals surface area (Å²) in [5.74, 6) is 0.748. The fourth-order valence-electron chi connectivity index (χ4n) is 1.94. The Hall–Kier alpha value is -1.66. The summed E-state index contributed by atoms with van der Waals surface area (Å²) in [6.07, 6.45) is 2.68. The second-order valence-corrected chi connectivity index (χ2v) is 5.60. The van der Waals surface area contributed by atoms with E-state index in [9.17, 15) is 4.79 Å². The van der Waals surface area contributed by atoms with Crippen LogP contribution in [0.4, 0.5) is 0 Å². The molecule has 0 aliphatic carbocycles. The Balaban J connectivity index is 2.20. The van der Waals surface area contributed by atoms with Crippen molar-refractivity contribution in [3.8, 4) is 17.0 Å². The van der Waals surface area contributed by atoms with E-state index < -0.39 is 0 Å². The number of thiazole rings is 1. The molecule has 2 heterocycles. The van der Waals surface area contributed by atoms with Crippen molar-refractivity contribution < 1.29 is 9.53 Å². The lowest BCUT2D eigenvalue weighted by molar-refractivity contribution is 0.111. The Morgan fingerprint density at radius 2 is 2.32 bits per heavy atom. The van der Waals surface area contributed by atoms with Gasteiger partial charge in [-0.3, -0.25) is 9.20 Å². The number of halogens is 1. The molecule has 96 valence electrons. The van der Waals surface area contributed by atoms with Crippen LogP contribution in [0.2, 0.25) is 0 Å². The number of carbonyl (C=O) groups excluding carboxylic acids is 1. The highest BCUT2D eigenvalue weighted by Gasteiger charge is 2.15. The molecule has 0 fully saturated rings. The second-order valence-electron chi connectivity index (χ2n) is 3.87. The van der Waals surface area contributed by atoms with Gasteiger partial charge in [0.1, 0.15) is 17.1 Å². The van der Waals surface area contributed by atoms with Crippen LogP contribution >= 0.6 is 27.3 Å². The van der Waals surface area contributed by atoms with Crippen molar-refractivity contribution in [2.45, 2.75) is 0 Å². The largest absolute Gasteiger partial charge is 0.496 e. The second kappa shape index (κ2) is 4.79. The molecule has 1 aromatic carbocycles. The molecule has 0 spiro atoms. The lowest BCUT2D eigenvalue weighted by Crippen LogP contribution is -1.91. The Labute approximate surface area is 121 Å². The molecule has 0 amide bonds. The zero-order chi connectivity index (χ0) is 13.4. The van der Waals surface area contributed by atoms with Gasteiger partial charge in [0.05, 0.1) is 11.6 Å². The lowest BCUT2D eigenvalue weighted by atomic mass is 10.1. The molecule has 4 nitrogen and oxygen atoms in total. The van der Waals surface area contributed by atoms with Gasteiger partial charge in [-0.25, -0.2) is 4.98 Å². The van der Waals surface area contributed by atoms with Gasteiger partial charge >= 0.3 is 0 Å². The van der Waals surface area contributed by atoms with E-state index in [-0.39, 0.29) is 0 Å². The van der Waals surface area contributed by atoms with Crippen molar-refractivity contribution in [1.29, 1.82) is 0 Å². The highest BCUT2D eigenvalue weighted by atomic mass is 79.9. The zero-order valence-corrected chi connectivity index (χ0v) is 12.4. The molecule has 0 aliphatic heterocycles. The first-order valence-electron chi connectivity index (χ1n) is 5.49. The SMILES string of the molecule is COc1ccc(-c2nc3sccn3c2C=O)cc1Br. The maximum absolute atomic E-state index is 11.3. The average molecular weight is 337 g/mol. The maximum atomic E-state index is 11.3. The molecular weight excluding hydrogens is 328 g/mol. The zero-order valence-electron chi connectivity index (χ0n) is 9.96. The fraction of sp³-hybridized carbons (Fsp3) is 0.0769. The van der Waals surface area contributed by atoms with Gasteiger partial charge in [-0.05, 0) is 34.1 Å². The van der Waals surface area contributed by atoms with Gasteiger partial charge in [0.2, 0.25) is 0 Å². The van der Waals surface area contributed by atoms with Crippen LogP contribution in [0.1, 0.15) is 10.5 Å². The van der Waals surface area contributed by atoms with Crippen LogP contribution in [0.5, 0.6) is 5.75 Å². The predicted molar refractivity (Wildman–Crippen MR) is 78.1 cm³/mol. The Morgan fingerprint density at radius 3 is 3.00 bits per heavy atom. The van der Waals surface area contributed by atoms with Gasteiger partial charge in [0.15, 0.2) is 11.2 Å². The number of hydrogen-bond donors (Lipinski definition) is 0. The third kappa shape index (κ3) is 1.97. The topological polar surface area (TPSA) is 43.6 Å². The fourth-order valence-corrected chi connectivity index (χ4v) is 3.20. The summed E-state index contributed by atoms with van der Waals surface area (Å²) in [5.41, 5.74) is 2.13. The third-order valence-corrected chi connectivity index (χ3v) is 4.21. The van der Waals surface area contributed by atoms with Gasteiger partial charge in [-0.2, -0.15) is 0 Å². The average Bonchev–Trinajstić information content (AvgIpc) is 2.98. The van der Waals surface area contributed by atoms with Crippen LogP contribution in [0.25, 0.3) is 16.2 Å². The number of nitrogens with zero attached hydrogens (tertiary/aromatic N) is 2. The first kappa shape index (κ1) is 12.4. The molecule has 0 radical (unpaired) electrons. The summed E-state index contributed by atoms with van der Waals surface area (Å²) >= 11 is 4.94. The predicted octanol–water partition coefficient (Wildman–Crippen LogP) is 3.65. The molecule has 3 rings (SSSR count). The molecular formula is C13H9BrN2O2S. The summed E-state index contributed by atoms with van der Waals surface area (Å²) in [7, 11) is 1.61. The highest BCUT2D eigenvalue weighted by molar-refractivity contribution is 9.10. The van der Waals surface area contributed by atoms with Crippen molar-refractivity contribution in [3.63, 3.8) is 0 Å². The summed E-state index contributed by atoms with van der Waals surface area (Å²) in [5, 5.41) is 1.91. The van der Waals surface area contributed by atoms with E-state index in [1.807, 2.05) is 29.8 Å². The van der Waals surface area contributed by atoms with Crippen molar-refractivity contribution in [2.24, 2.45) is 0 Å². The molecule has 0 unspecified atom stereocenters. The van der Waals surface area contributed by atoms with Crippen LogP contribution in [-0.2, 0) is 0 Å². The van der Waals surface area contributed by atoms with Crippen LogP contribution in [0.3, 0.4) is 0 Å². The van der Waals surface area contributed by atoms with Crippen LogP contribution < -0.4 is 4.74 Å². The van der Waals surface area contributed by atoms with E-state index in [2.05, 4.69) is 20.9 Å². The number of fused-ring (bicyclic) bond motifs is 1. The minimum Gasteiger partial charge on any atom is -0.496 e. The summed E-state index contributed by atoms with van der Waals surface area (Å²) in [6, 6.07) is 5.64. The molecule has 0 saturated heterocycles. The van der Waals surface area contributed by atoms with Crippen molar-refractivity contribution in [1.82, 2.24) is 9.38 Å². The summed E-state index contributed by atoms with van der Waals surface area (Å²) in [6.45, 7) is 0. The minimum atomic E-state index is 0.563. The van der Waals surface area contributed by atoms with E-state index in [4.69, 9.17) is 4.74 Å². The smallest absolute Gasteiger partial charge is 0.194 e. The number of rotatable bonds is 3. The third-order valence-electron chi connectivity index (χ3n) is 2.84. The minimum absolute atomic E-state index is 0.563. The standard InChI is InChI=1S/C13H9BrN2O2S/c1-18-11-3-2-8(6-9(11)14)12-10(7-17)16-4-5-19-13(16)15-12/h2-7H,1H3. The van der Waals surface area contributed by atoms with Crippen molar-refractivity contribution in [2.75, 3.05) is 7.11 Å². The van der Waals surface area contributed by atoms with E-state index in [0.29, 0.717) is 11.4 Å². The number of carbonyl (C=O) groups is 1. The molecule has 3 aromatic rings. The number of hydrogen-bond acceptors (Lipinski definition) is 4. The van der Waals surface area contributed by atoms with Crippen LogP contribution in [0, 0.1) is 0 Å². The number of methoxy groups -OCH3 is 1. The van der Waals surface area contributed by atoms with Gasteiger partial charge in [-0.15, -0.1) is 11.3 Å². The summed E-state index contributed by atoms with van der Waals surface area (Å²) < 4.78 is 7.83. The van der Waals surface area contributed by atoms with E-state index in [1.165, 1.54) is 11.3 Å². The quantitative estimate of drug-likeness (QED) is 0.685. The number of imidazole rings is 1. The Bertz CT molecular complexity index is 763. The Morgan fingerprint density at radius 1 is 1.47 bits per heavy atom. The van der Waals surface area contributed by atoms with Gasteiger partial charge in [-0.1, -0.05) is 0 Å². The van der Waals surface area contributed by atoms with Crippen LogP contribution in [-0.4, -0.2) is 22.8 Å². The molecule has 0 aliphatic rings. The first-order valence-corrected chi connectivity index (χ1v) is 7.16. The number of ether oxygens (including phenoxy) is 1. The molecule has 19 heavy (non-hydrogen) atoms. The van der Waals surface area contributed by atoms with E-state index >= 15 is 0 Å². The number of aldehydes is 1. The molecule has 0 atom stereocenters. The number of benzene rings is 1. The van der Waals surface area contributed by atoms with E-state index in [0.717, 1.165) is 27.0 Å². The van der Waals surface area contributed by atoms with Gasteiger partial charge in [0, 0.05) is 17.1 Å². The molecule has 0 saturated carbocycles. The molecule has 0 bridgehead atoms. The normalized spacial score (nSPS) is 10.8. The Kier molecular flexibility index (Phi) is 3.12. The van der Waals surface area contributed by atoms with Crippen molar-refractivity contribution in [3.05, 3.63) is 39.9 Å². The maximum Gasteiger partial charge on any atom is 0.194 e. The molecule has 6 heteroatoms. The number of aromatic nitrogens is 2. The van der Waals surface area contributed by atoms with Gasteiger partial charge in [0.25, 0.3) is 0 Å².